The van der Waals surface area contributed by atoms with Crippen molar-refractivity contribution in [2.75, 3.05) is 12.4 Å². The van der Waals surface area contributed by atoms with Gasteiger partial charge in [-0.05, 0) is 32.8 Å². The first-order chi connectivity index (χ1) is 8.17. The summed E-state index contributed by atoms with van der Waals surface area (Å²) < 4.78 is 1.77. The van der Waals surface area contributed by atoms with Crippen LogP contribution in [0, 0.1) is 6.92 Å². The van der Waals surface area contributed by atoms with Crippen molar-refractivity contribution < 1.29 is 4.79 Å². The van der Waals surface area contributed by atoms with Crippen LogP contribution >= 0.6 is 11.6 Å². The predicted octanol–water partition coefficient (Wildman–Crippen LogP) is 2.05. The van der Waals surface area contributed by atoms with Crippen molar-refractivity contribution >= 4 is 17.5 Å². The van der Waals surface area contributed by atoms with Gasteiger partial charge in [0, 0.05) is 25.0 Å². The number of hydrogen-bond donors (Lipinski definition) is 0. The molecule has 1 heterocycles. The average molecular weight is 256 g/mol. The molecular weight excluding hydrogens is 238 g/mol. The quantitative estimate of drug-likeness (QED) is 0.756. The molecule has 0 spiro atoms. The highest BCUT2D eigenvalue weighted by Crippen LogP contribution is 2.28. The van der Waals surface area contributed by atoms with Gasteiger partial charge in [-0.25, -0.2) is 0 Å². The van der Waals surface area contributed by atoms with Crippen LogP contribution in [0.25, 0.3) is 0 Å². The number of carbonyl (C=O) groups is 1. The molecule has 1 amide bonds. The lowest BCUT2D eigenvalue weighted by Crippen LogP contribution is -2.36. The minimum absolute atomic E-state index is 0.0654. The number of amides is 1. The van der Waals surface area contributed by atoms with Crippen molar-refractivity contribution in [3.05, 3.63) is 17.5 Å². The summed E-state index contributed by atoms with van der Waals surface area (Å²) in [6, 6.07) is 2.25. The maximum atomic E-state index is 12.4. The van der Waals surface area contributed by atoms with E-state index in [9.17, 15) is 4.79 Å². The van der Waals surface area contributed by atoms with Crippen LogP contribution in [-0.2, 0) is 6.54 Å². The van der Waals surface area contributed by atoms with Gasteiger partial charge in [0.1, 0.15) is 5.69 Å². The number of nitrogens with zero attached hydrogens (tertiary/aromatic N) is 3. The van der Waals surface area contributed by atoms with E-state index in [1.807, 2.05) is 24.8 Å². The molecule has 4 nitrogen and oxygen atoms in total. The van der Waals surface area contributed by atoms with E-state index >= 15 is 0 Å². The average Bonchev–Trinajstić information content (AvgIpc) is 3.08. The summed E-state index contributed by atoms with van der Waals surface area (Å²) in [4.78, 5) is 14.3. The van der Waals surface area contributed by atoms with E-state index in [4.69, 9.17) is 11.6 Å². The molecule has 2 rings (SSSR count). The molecule has 0 N–H and O–H groups in total. The molecule has 0 aliphatic heterocycles. The fourth-order valence-corrected chi connectivity index (χ4v) is 2.22. The normalized spacial score (nSPS) is 15.0. The molecule has 1 aliphatic rings. The fraction of sp³-hybridized carbons (Fsp3) is 0.667. The number of aryl methyl sites for hydroxylation is 2. The molecule has 0 atom stereocenters. The standard InChI is InChI=1S/C12H18ClN3O/c1-3-16-11(8-9(2)14-16)12(17)15(7-6-13)10-4-5-10/h8,10H,3-7H2,1-2H3. The van der Waals surface area contributed by atoms with Gasteiger partial charge in [0.25, 0.3) is 5.91 Å². The molecule has 5 heteroatoms. The molecule has 0 aromatic carbocycles. The Kier molecular flexibility index (Phi) is 3.72. The molecule has 1 saturated carbocycles. The predicted molar refractivity (Wildman–Crippen MR) is 67.4 cm³/mol. The molecule has 1 aliphatic carbocycles. The van der Waals surface area contributed by atoms with Crippen molar-refractivity contribution in [3.8, 4) is 0 Å². The van der Waals surface area contributed by atoms with Crippen LogP contribution in [0.3, 0.4) is 0 Å². The van der Waals surface area contributed by atoms with Crippen LogP contribution in [0.5, 0.6) is 0 Å². The lowest BCUT2D eigenvalue weighted by Gasteiger charge is -2.21. The number of halogens is 1. The molecule has 1 fully saturated rings. The smallest absolute Gasteiger partial charge is 0.272 e. The van der Waals surface area contributed by atoms with Gasteiger partial charge in [-0.15, -0.1) is 11.6 Å². The van der Waals surface area contributed by atoms with Crippen LogP contribution in [0.15, 0.2) is 6.07 Å². The molecule has 94 valence electrons. The lowest BCUT2D eigenvalue weighted by molar-refractivity contribution is 0.0741. The summed E-state index contributed by atoms with van der Waals surface area (Å²) in [5, 5.41) is 4.31. The Balaban J connectivity index is 2.21. The van der Waals surface area contributed by atoms with Crippen molar-refractivity contribution in [1.82, 2.24) is 14.7 Å². The highest BCUT2D eigenvalue weighted by Gasteiger charge is 2.33. The Hall–Kier alpha value is -1.03. The second-order valence-electron chi connectivity index (χ2n) is 4.41. The third kappa shape index (κ3) is 2.63. The van der Waals surface area contributed by atoms with Gasteiger partial charge >= 0.3 is 0 Å². The lowest BCUT2D eigenvalue weighted by atomic mass is 10.3. The topological polar surface area (TPSA) is 38.1 Å². The molecule has 17 heavy (non-hydrogen) atoms. The van der Waals surface area contributed by atoms with Crippen LogP contribution < -0.4 is 0 Å². The molecular formula is C12H18ClN3O. The van der Waals surface area contributed by atoms with Crippen molar-refractivity contribution in [1.29, 1.82) is 0 Å². The first-order valence-corrected chi connectivity index (χ1v) is 6.62. The molecule has 0 bridgehead atoms. The van der Waals surface area contributed by atoms with E-state index in [2.05, 4.69) is 5.10 Å². The van der Waals surface area contributed by atoms with Crippen molar-refractivity contribution in [2.24, 2.45) is 0 Å². The van der Waals surface area contributed by atoms with Gasteiger partial charge in [-0.1, -0.05) is 0 Å². The van der Waals surface area contributed by atoms with Gasteiger partial charge in [-0.2, -0.15) is 5.10 Å². The summed E-state index contributed by atoms with van der Waals surface area (Å²) in [6.45, 7) is 5.24. The number of alkyl halides is 1. The van der Waals surface area contributed by atoms with Crippen LogP contribution in [-0.4, -0.2) is 39.1 Å². The van der Waals surface area contributed by atoms with E-state index < -0.39 is 0 Å². The van der Waals surface area contributed by atoms with Gasteiger partial charge in [0.05, 0.1) is 5.69 Å². The van der Waals surface area contributed by atoms with E-state index in [1.165, 1.54) is 0 Å². The second kappa shape index (κ2) is 5.08. The van der Waals surface area contributed by atoms with Crippen molar-refractivity contribution in [2.45, 2.75) is 39.3 Å². The number of aromatic nitrogens is 2. The summed E-state index contributed by atoms with van der Waals surface area (Å²) in [5.74, 6) is 0.553. The SMILES string of the molecule is CCn1nc(C)cc1C(=O)N(CCCl)C1CC1. The van der Waals surface area contributed by atoms with Crippen LogP contribution in [0.4, 0.5) is 0 Å². The zero-order valence-corrected chi connectivity index (χ0v) is 11.1. The third-order valence-corrected chi connectivity index (χ3v) is 3.16. The maximum Gasteiger partial charge on any atom is 0.272 e. The molecule has 0 unspecified atom stereocenters. The Morgan fingerprint density at radius 3 is 2.88 bits per heavy atom. The van der Waals surface area contributed by atoms with E-state index in [1.54, 1.807) is 4.68 Å². The zero-order chi connectivity index (χ0) is 12.4. The molecule has 1 aromatic rings. The molecule has 0 saturated heterocycles. The second-order valence-corrected chi connectivity index (χ2v) is 4.78. The summed E-state index contributed by atoms with van der Waals surface area (Å²) in [5.41, 5.74) is 1.57. The number of carbonyl (C=O) groups excluding carboxylic acids is 1. The molecule has 1 aromatic heterocycles. The number of hydrogen-bond acceptors (Lipinski definition) is 2. The van der Waals surface area contributed by atoms with Gasteiger partial charge in [-0.3, -0.25) is 9.48 Å². The van der Waals surface area contributed by atoms with Gasteiger partial charge < -0.3 is 4.90 Å². The Labute approximate surface area is 107 Å². The summed E-state index contributed by atoms with van der Waals surface area (Å²) in [7, 11) is 0. The molecule has 0 radical (unpaired) electrons. The highest BCUT2D eigenvalue weighted by molar-refractivity contribution is 6.18. The number of rotatable bonds is 5. The Morgan fingerprint density at radius 2 is 2.35 bits per heavy atom. The minimum Gasteiger partial charge on any atom is -0.333 e. The largest absolute Gasteiger partial charge is 0.333 e. The Bertz CT molecular complexity index is 412. The minimum atomic E-state index is 0.0654. The Morgan fingerprint density at radius 1 is 1.65 bits per heavy atom. The van der Waals surface area contributed by atoms with E-state index in [0.29, 0.717) is 30.7 Å². The van der Waals surface area contributed by atoms with E-state index in [-0.39, 0.29) is 5.91 Å². The third-order valence-electron chi connectivity index (χ3n) is 2.99. The van der Waals surface area contributed by atoms with Crippen LogP contribution in [0.1, 0.15) is 35.9 Å². The summed E-state index contributed by atoms with van der Waals surface area (Å²) >= 11 is 5.76. The fourth-order valence-electron chi connectivity index (χ4n) is 2.03. The zero-order valence-electron chi connectivity index (χ0n) is 10.3. The van der Waals surface area contributed by atoms with E-state index in [0.717, 1.165) is 18.5 Å². The monoisotopic (exact) mass is 255 g/mol. The first kappa shape index (κ1) is 12.4. The van der Waals surface area contributed by atoms with Gasteiger partial charge in [0.2, 0.25) is 0 Å². The summed E-state index contributed by atoms with van der Waals surface area (Å²) in [6.07, 6.45) is 2.20. The highest BCUT2D eigenvalue weighted by atomic mass is 35.5. The maximum absolute atomic E-state index is 12.4. The van der Waals surface area contributed by atoms with Crippen molar-refractivity contribution in [3.63, 3.8) is 0 Å². The van der Waals surface area contributed by atoms with Crippen LogP contribution in [0.2, 0.25) is 0 Å². The van der Waals surface area contributed by atoms with Gasteiger partial charge in [0.15, 0.2) is 0 Å². The first-order valence-electron chi connectivity index (χ1n) is 6.08.